The number of anilines is 1. The predicted molar refractivity (Wildman–Crippen MR) is 64.3 cm³/mol. The number of rotatable bonds is 1. The quantitative estimate of drug-likeness (QED) is 0.781. The summed E-state index contributed by atoms with van der Waals surface area (Å²) in [6.45, 7) is 0. The van der Waals surface area contributed by atoms with Gasteiger partial charge < -0.3 is 11.1 Å². The zero-order valence-corrected chi connectivity index (χ0v) is 10.0. The van der Waals surface area contributed by atoms with E-state index in [0.717, 1.165) is 0 Å². The van der Waals surface area contributed by atoms with Gasteiger partial charge in [-0.3, -0.25) is 0 Å². The molecule has 0 fully saturated rings. The predicted octanol–water partition coefficient (Wildman–Crippen LogP) is 2.63. The molecule has 1 aromatic rings. The Bertz CT molecular complexity index is 427. The van der Waals surface area contributed by atoms with Crippen molar-refractivity contribution in [3.8, 4) is 6.07 Å². The number of halogens is 2. The largest absolute Gasteiger partial charge is 0.376 e. The van der Waals surface area contributed by atoms with Crippen molar-refractivity contribution in [2.75, 3.05) is 5.32 Å². The van der Waals surface area contributed by atoms with Gasteiger partial charge in [-0.15, -0.1) is 0 Å². The number of hydrogen-bond acceptors (Lipinski definition) is 2. The standard InChI is InChI=1S/C8H5BrClN3S/c9-5-1-2-6(10)7(4(5)3-11)13-8(12)14/h1-2H,(H3,12,13,14). The van der Waals surface area contributed by atoms with E-state index in [9.17, 15) is 0 Å². The van der Waals surface area contributed by atoms with Gasteiger partial charge in [0.05, 0.1) is 16.3 Å². The highest BCUT2D eigenvalue weighted by Gasteiger charge is 2.10. The van der Waals surface area contributed by atoms with Crippen molar-refractivity contribution in [1.82, 2.24) is 0 Å². The number of nitriles is 1. The van der Waals surface area contributed by atoms with Gasteiger partial charge in [0, 0.05) is 4.47 Å². The van der Waals surface area contributed by atoms with E-state index in [4.69, 9.17) is 22.6 Å². The van der Waals surface area contributed by atoms with Gasteiger partial charge in [-0.1, -0.05) is 11.6 Å². The molecule has 3 nitrogen and oxygen atoms in total. The summed E-state index contributed by atoms with van der Waals surface area (Å²) in [5.74, 6) is 0. The Morgan fingerprint density at radius 1 is 1.64 bits per heavy atom. The molecule has 14 heavy (non-hydrogen) atoms. The molecule has 3 N–H and O–H groups in total. The summed E-state index contributed by atoms with van der Waals surface area (Å²) in [6.07, 6.45) is 0. The van der Waals surface area contributed by atoms with Crippen LogP contribution in [0.5, 0.6) is 0 Å². The van der Waals surface area contributed by atoms with Crippen LogP contribution in [-0.2, 0) is 0 Å². The van der Waals surface area contributed by atoms with Gasteiger partial charge in [0.15, 0.2) is 5.11 Å². The van der Waals surface area contributed by atoms with Crippen LogP contribution in [0.15, 0.2) is 16.6 Å². The van der Waals surface area contributed by atoms with E-state index in [1.54, 1.807) is 12.1 Å². The average Bonchev–Trinajstić information content (AvgIpc) is 2.11. The number of thiocarbonyl (C=S) groups is 1. The molecule has 0 saturated heterocycles. The molecule has 0 amide bonds. The van der Waals surface area contributed by atoms with E-state index >= 15 is 0 Å². The van der Waals surface area contributed by atoms with Crippen LogP contribution in [0, 0.1) is 11.3 Å². The lowest BCUT2D eigenvalue weighted by molar-refractivity contribution is 1.45. The molecule has 0 aliphatic rings. The Morgan fingerprint density at radius 2 is 2.29 bits per heavy atom. The lowest BCUT2D eigenvalue weighted by Gasteiger charge is -2.09. The molecule has 0 bridgehead atoms. The van der Waals surface area contributed by atoms with Crippen molar-refractivity contribution in [3.05, 3.63) is 27.2 Å². The normalized spacial score (nSPS) is 9.21. The van der Waals surface area contributed by atoms with Crippen LogP contribution < -0.4 is 11.1 Å². The monoisotopic (exact) mass is 289 g/mol. The van der Waals surface area contributed by atoms with Gasteiger partial charge in [0.2, 0.25) is 0 Å². The first-order chi connectivity index (χ1) is 6.56. The fourth-order valence-electron chi connectivity index (χ4n) is 0.907. The second-order valence-electron chi connectivity index (χ2n) is 2.38. The lowest BCUT2D eigenvalue weighted by atomic mass is 10.2. The minimum Gasteiger partial charge on any atom is -0.376 e. The third-order valence-corrected chi connectivity index (χ3v) is 2.54. The molecule has 0 atom stereocenters. The summed E-state index contributed by atoms with van der Waals surface area (Å²) >= 11 is 13.8. The molecule has 0 heterocycles. The number of benzene rings is 1. The van der Waals surface area contributed by atoms with Crippen molar-refractivity contribution in [3.63, 3.8) is 0 Å². The first-order valence-corrected chi connectivity index (χ1v) is 5.08. The highest BCUT2D eigenvalue weighted by Crippen LogP contribution is 2.31. The lowest BCUT2D eigenvalue weighted by Crippen LogP contribution is -2.20. The number of nitrogens with zero attached hydrogens (tertiary/aromatic N) is 1. The molecule has 6 heteroatoms. The van der Waals surface area contributed by atoms with E-state index in [0.29, 0.717) is 20.7 Å². The van der Waals surface area contributed by atoms with Crippen molar-refractivity contribution in [2.24, 2.45) is 5.73 Å². The summed E-state index contributed by atoms with van der Waals surface area (Å²) in [5, 5.41) is 12.0. The fraction of sp³-hybridized carbons (Fsp3) is 0. The Kier molecular flexibility index (Phi) is 3.69. The number of nitrogens with two attached hydrogens (primary N) is 1. The van der Waals surface area contributed by atoms with Crippen molar-refractivity contribution >= 4 is 50.5 Å². The summed E-state index contributed by atoms with van der Waals surface area (Å²) in [6, 6.07) is 5.33. The van der Waals surface area contributed by atoms with Gasteiger partial charge in [-0.25, -0.2) is 0 Å². The molecule has 0 saturated carbocycles. The van der Waals surface area contributed by atoms with Crippen molar-refractivity contribution in [2.45, 2.75) is 0 Å². The number of nitrogens with one attached hydrogen (secondary N) is 1. The average molecular weight is 291 g/mol. The molecule has 1 rings (SSSR count). The third kappa shape index (κ3) is 2.35. The first-order valence-electron chi connectivity index (χ1n) is 3.51. The van der Waals surface area contributed by atoms with Crippen molar-refractivity contribution in [1.29, 1.82) is 5.26 Å². The van der Waals surface area contributed by atoms with E-state index < -0.39 is 0 Å². The molecule has 0 spiro atoms. The molecule has 0 radical (unpaired) electrons. The molecule has 72 valence electrons. The smallest absolute Gasteiger partial charge is 0.168 e. The molecule has 0 aliphatic carbocycles. The summed E-state index contributed by atoms with van der Waals surface area (Å²) < 4.78 is 0.642. The Hall–Kier alpha value is -0.830. The van der Waals surface area contributed by atoms with Gasteiger partial charge in [0.25, 0.3) is 0 Å². The maximum Gasteiger partial charge on any atom is 0.168 e. The van der Waals surface area contributed by atoms with Gasteiger partial charge in [0.1, 0.15) is 6.07 Å². The van der Waals surface area contributed by atoms with Crippen LogP contribution in [0.3, 0.4) is 0 Å². The van der Waals surface area contributed by atoms with Gasteiger partial charge in [-0.2, -0.15) is 5.26 Å². The summed E-state index contributed by atoms with van der Waals surface area (Å²) in [4.78, 5) is 0. The molecule has 1 aromatic carbocycles. The minimum atomic E-state index is 0.0708. The second kappa shape index (κ2) is 4.60. The third-order valence-electron chi connectivity index (χ3n) is 1.46. The SMILES string of the molecule is N#Cc1c(Br)ccc(Cl)c1NC(N)=S. The highest BCUT2D eigenvalue weighted by molar-refractivity contribution is 9.10. The van der Waals surface area contributed by atoms with Gasteiger partial charge in [-0.05, 0) is 40.3 Å². The topological polar surface area (TPSA) is 61.8 Å². The van der Waals surface area contributed by atoms with Crippen LogP contribution in [0.25, 0.3) is 0 Å². The zero-order chi connectivity index (χ0) is 10.7. The van der Waals surface area contributed by atoms with Crippen molar-refractivity contribution < 1.29 is 0 Å². The van der Waals surface area contributed by atoms with Crippen LogP contribution in [-0.4, -0.2) is 5.11 Å². The fourth-order valence-corrected chi connectivity index (χ4v) is 1.63. The maximum atomic E-state index is 8.87. The zero-order valence-electron chi connectivity index (χ0n) is 6.84. The molecule has 0 unspecified atom stereocenters. The van der Waals surface area contributed by atoms with Crippen LogP contribution in [0.2, 0.25) is 5.02 Å². The van der Waals surface area contributed by atoms with Crippen LogP contribution >= 0.6 is 39.7 Å². The van der Waals surface area contributed by atoms with Gasteiger partial charge >= 0.3 is 0 Å². The van der Waals surface area contributed by atoms with E-state index in [-0.39, 0.29) is 5.11 Å². The van der Waals surface area contributed by atoms with Crippen LogP contribution in [0.1, 0.15) is 5.56 Å². The summed E-state index contributed by atoms with van der Waals surface area (Å²) in [5.41, 5.74) is 6.11. The molecule has 0 aliphatic heterocycles. The molecular formula is C8H5BrClN3S. The van der Waals surface area contributed by atoms with E-state index in [1.165, 1.54) is 0 Å². The second-order valence-corrected chi connectivity index (χ2v) is 4.08. The van der Waals surface area contributed by atoms with Crippen LogP contribution in [0.4, 0.5) is 5.69 Å². The number of hydrogen-bond donors (Lipinski definition) is 2. The maximum absolute atomic E-state index is 8.87. The Labute approximate surface area is 100.0 Å². The Morgan fingerprint density at radius 3 is 2.79 bits per heavy atom. The Balaban J connectivity index is 3.31. The highest BCUT2D eigenvalue weighted by atomic mass is 79.9. The molecule has 0 aromatic heterocycles. The first kappa shape index (κ1) is 11.2. The summed E-state index contributed by atoms with van der Waals surface area (Å²) in [7, 11) is 0. The minimum absolute atomic E-state index is 0.0708. The van der Waals surface area contributed by atoms with E-state index in [2.05, 4.69) is 33.5 Å². The molecular weight excluding hydrogens is 286 g/mol. The van der Waals surface area contributed by atoms with E-state index in [1.807, 2.05) is 6.07 Å².